The first-order valence-electron chi connectivity index (χ1n) is 6.53. The minimum absolute atomic E-state index is 0.861. The molecule has 2 aromatic rings. The van der Waals surface area contributed by atoms with Crippen molar-refractivity contribution in [2.75, 3.05) is 23.4 Å². The first-order valence-corrected chi connectivity index (χ1v) is 7.68. The van der Waals surface area contributed by atoms with E-state index in [4.69, 9.17) is 4.74 Å². The van der Waals surface area contributed by atoms with E-state index < -0.39 is 0 Å². The zero-order chi connectivity index (χ0) is 13.3. The maximum absolute atomic E-state index is 5.74. The third-order valence-electron chi connectivity index (χ3n) is 2.61. The van der Waals surface area contributed by atoms with Gasteiger partial charge in [0, 0.05) is 18.0 Å². The second kappa shape index (κ2) is 7.74. The van der Waals surface area contributed by atoms with E-state index in [1.807, 2.05) is 54.2 Å². The summed E-state index contributed by atoms with van der Waals surface area (Å²) in [5.41, 5.74) is 1.14. The molecule has 2 nitrogen and oxygen atoms in total. The number of para-hydroxylation sites is 1. The second-order valence-electron chi connectivity index (χ2n) is 4.06. The van der Waals surface area contributed by atoms with Crippen LogP contribution in [0.2, 0.25) is 0 Å². The van der Waals surface area contributed by atoms with Crippen LogP contribution in [0.5, 0.6) is 11.5 Å². The molecule has 0 bridgehead atoms. The number of ether oxygens (including phenoxy) is 1. The smallest absolute Gasteiger partial charge is 0.127 e. The fourth-order valence-corrected chi connectivity index (χ4v) is 2.21. The van der Waals surface area contributed by atoms with E-state index in [-0.39, 0.29) is 0 Å². The summed E-state index contributed by atoms with van der Waals surface area (Å²) in [6.45, 7) is 3.18. The lowest BCUT2D eigenvalue weighted by Gasteiger charge is -2.08. The van der Waals surface area contributed by atoms with Crippen LogP contribution in [0.15, 0.2) is 54.6 Å². The molecule has 0 aromatic heterocycles. The normalized spacial score (nSPS) is 10.2. The van der Waals surface area contributed by atoms with Gasteiger partial charge in [0.2, 0.25) is 0 Å². The van der Waals surface area contributed by atoms with Crippen LogP contribution < -0.4 is 10.1 Å². The Bertz CT molecular complexity index is 470. The van der Waals surface area contributed by atoms with Crippen LogP contribution >= 0.6 is 11.8 Å². The Balaban J connectivity index is 1.84. The number of thioether (sulfide) groups is 1. The maximum atomic E-state index is 5.74. The van der Waals surface area contributed by atoms with Gasteiger partial charge in [0.15, 0.2) is 0 Å². The SMILES string of the molecule is CCSCCNc1ccc(Oc2ccccc2)cc1. The van der Waals surface area contributed by atoms with E-state index >= 15 is 0 Å². The van der Waals surface area contributed by atoms with Crippen molar-refractivity contribution in [1.82, 2.24) is 0 Å². The minimum atomic E-state index is 0.861. The molecule has 2 rings (SSSR count). The predicted molar refractivity (Wildman–Crippen MR) is 84.4 cm³/mol. The molecule has 0 amide bonds. The first-order chi connectivity index (χ1) is 9.38. The molecular weight excluding hydrogens is 254 g/mol. The molecule has 19 heavy (non-hydrogen) atoms. The first kappa shape index (κ1) is 13.8. The van der Waals surface area contributed by atoms with E-state index in [2.05, 4.69) is 24.4 Å². The Hall–Kier alpha value is -1.61. The molecule has 0 aliphatic carbocycles. The average molecular weight is 273 g/mol. The highest BCUT2D eigenvalue weighted by atomic mass is 32.2. The van der Waals surface area contributed by atoms with Crippen molar-refractivity contribution in [3.8, 4) is 11.5 Å². The van der Waals surface area contributed by atoms with Crippen molar-refractivity contribution < 1.29 is 4.74 Å². The molecule has 3 heteroatoms. The predicted octanol–water partition coefficient (Wildman–Crippen LogP) is 4.64. The van der Waals surface area contributed by atoms with E-state index in [1.165, 1.54) is 5.75 Å². The quantitative estimate of drug-likeness (QED) is 0.742. The van der Waals surface area contributed by atoms with Gasteiger partial charge in [-0.05, 0) is 42.2 Å². The van der Waals surface area contributed by atoms with Crippen LogP contribution in [-0.4, -0.2) is 18.1 Å². The van der Waals surface area contributed by atoms with Gasteiger partial charge in [0.05, 0.1) is 0 Å². The summed E-state index contributed by atoms with van der Waals surface area (Å²) in [6, 6.07) is 17.9. The van der Waals surface area contributed by atoms with Crippen LogP contribution in [0.4, 0.5) is 5.69 Å². The number of hydrogen-bond donors (Lipinski definition) is 1. The monoisotopic (exact) mass is 273 g/mol. The lowest BCUT2D eigenvalue weighted by molar-refractivity contribution is 0.483. The lowest BCUT2D eigenvalue weighted by Crippen LogP contribution is -2.03. The highest BCUT2D eigenvalue weighted by Gasteiger charge is 1.97. The number of nitrogens with one attached hydrogen (secondary N) is 1. The Labute approximate surface area is 119 Å². The molecule has 0 saturated carbocycles. The molecule has 100 valence electrons. The highest BCUT2D eigenvalue weighted by molar-refractivity contribution is 7.99. The summed E-state index contributed by atoms with van der Waals surface area (Å²) in [7, 11) is 0. The molecule has 0 fully saturated rings. The van der Waals surface area contributed by atoms with Gasteiger partial charge in [0.25, 0.3) is 0 Å². The second-order valence-corrected chi connectivity index (χ2v) is 5.46. The largest absolute Gasteiger partial charge is 0.457 e. The third-order valence-corrected chi connectivity index (χ3v) is 3.51. The Morgan fingerprint density at radius 2 is 1.63 bits per heavy atom. The fourth-order valence-electron chi connectivity index (χ4n) is 1.68. The molecule has 1 N–H and O–H groups in total. The van der Waals surface area contributed by atoms with Crippen molar-refractivity contribution in [3.63, 3.8) is 0 Å². The molecule has 0 aliphatic rings. The van der Waals surface area contributed by atoms with Crippen molar-refractivity contribution in [3.05, 3.63) is 54.6 Å². The van der Waals surface area contributed by atoms with Crippen molar-refractivity contribution in [2.45, 2.75) is 6.92 Å². The van der Waals surface area contributed by atoms with Crippen LogP contribution in [0.25, 0.3) is 0 Å². The van der Waals surface area contributed by atoms with Gasteiger partial charge < -0.3 is 10.1 Å². The Kier molecular flexibility index (Phi) is 5.63. The van der Waals surface area contributed by atoms with Crippen molar-refractivity contribution in [1.29, 1.82) is 0 Å². The van der Waals surface area contributed by atoms with Gasteiger partial charge in [0.1, 0.15) is 11.5 Å². The Morgan fingerprint density at radius 3 is 2.32 bits per heavy atom. The van der Waals surface area contributed by atoms with Gasteiger partial charge in [-0.1, -0.05) is 25.1 Å². The molecule has 0 atom stereocenters. The molecule has 0 spiro atoms. The summed E-state index contributed by atoms with van der Waals surface area (Å²) in [4.78, 5) is 0. The van der Waals surface area contributed by atoms with Gasteiger partial charge in [-0.15, -0.1) is 0 Å². The topological polar surface area (TPSA) is 21.3 Å². The van der Waals surface area contributed by atoms with Gasteiger partial charge >= 0.3 is 0 Å². The average Bonchev–Trinajstić information content (AvgIpc) is 2.46. The van der Waals surface area contributed by atoms with Crippen LogP contribution in [0.3, 0.4) is 0 Å². The molecule has 0 saturated heterocycles. The standard InChI is InChI=1S/C16H19NOS/c1-2-19-13-12-17-14-8-10-16(11-9-14)18-15-6-4-3-5-7-15/h3-11,17H,2,12-13H2,1H3. The van der Waals surface area contributed by atoms with Gasteiger partial charge in [-0.2, -0.15) is 11.8 Å². The fraction of sp³-hybridized carbons (Fsp3) is 0.250. The van der Waals surface area contributed by atoms with E-state index in [0.29, 0.717) is 0 Å². The van der Waals surface area contributed by atoms with Gasteiger partial charge in [-0.3, -0.25) is 0 Å². The summed E-state index contributed by atoms with van der Waals surface area (Å²) in [6.07, 6.45) is 0. The van der Waals surface area contributed by atoms with Crippen LogP contribution in [-0.2, 0) is 0 Å². The highest BCUT2D eigenvalue weighted by Crippen LogP contribution is 2.22. The molecule has 0 radical (unpaired) electrons. The van der Waals surface area contributed by atoms with Crippen LogP contribution in [0, 0.1) is 0 Å². The Morgan fingerprint density at radius 1 is 0.947 bits per heavy atom. The molecular formula is C16H19NOS. The lowest BCUT2D eigenvalue weighted by atomic mass is 10.3. The number of benzene rings is 2. The maximum Gasteiger partial charge on any atom is 0.127 e. The number of rotatable bonds is 7. The summed E-state index contributed by atoms with van der Waals surface area (Å²) in [5, 5.41) is 3.39. The molecule has 0 aliphatic heterocycles. The zero-order valence-electron chi connectivity index (χ0n) is 11.1. The summed E-state index contributed by atoms with van der Waals surface area (Å²) < 4.78 is 5.74. The minimum Gasteiger partial charge on any atom is -0.457 e. The zero-order valence-corrected chi connectivity index (χ0v) is 12.0. The van der Waals surface area contributed by atoms with E-state index in [1.54, 1.807) is 0 Å². The summed E-state index contributed by atoms with van der Waals surface area (Å²) in [5.74, 6) is 4.03. The number of anilines is 1. The molecule has 0 heterocycles. The number of hydrogen-bond acceptors (Lipinski definition) is 3. The van der Waals surface area contributed by atoms with Crippen molar-refractivity contribution >= 4 is 17.4 Å². The van der Waals surface area contributed by atoms with Crippen LogP contribution in [0.1, 0.15) is 6.92 Å². The van der Waals surface area contributed by atoms with E-state index in [0.717, 1.165) is 29.5 Å². The molecule has 2 aromatic carbocycles. The van der Waals surface area contributed by atoms with Gasteiger partial charge in [-0.25, -0.2) is 0 Å². The summed E-state index contributed by atoms with van der Waals surface area (Å²) >= 11 is 1.95. The molecule has 0 unspecified atom stereocenters. The third kappa shape index (κ3) is 4.87. The van der Waals surface area contributed by atoms with E-state index in [9.17, 15) is 0 Å². The van der Waals surface area contributed by atoms with Crippen molar-refractivity contribution in [2.24, 2.45) is 0 Å².